The molecule has 2 N–H and O–H groups in total. The van der Waals surface area contributed by atoms with Crippen LogP contribution in [0.2, 0.25) is 0 Å². The van der Waals surface area contributed by atoms with Gasteiger partial charge in [0.1, 0.15) is 17.3 Å². The lowest BCUT2D eigenvalue weighted by atomic mass is 10.0. The SMILES string of the molecule is CC(C)c1cccc(Oc2ccnc(N)c2)c1. The molecule has 0 atom stereocenters. The molecule has 1 aromatic heterocycles. The Morgan fingerprint density at radius 3 is 2.59 bits per heavy atom. The third kappa shape index (κ3) is 2.97. The molecule has 0 aliphatic rings. The maximum Gasteiger partial charge on any atom is 0.132 e. The number of anilines is 1. The normalized spacial score (nSPS) is 10.5. The molecule has 0 saturated carbocycles. The molecule has 0 amide bonds. The van der Waals surface area contributed by atoms with E-state index in [0.717, 1.165) is 5.75 Å². The first-order valence-corrected chi connectivity index (χ1v) is 5.64. The zero-order valence-electron chi connectivity index (χ0n) is 10.1. The van der Waals surface area contributed by atoms with Crippen molar-refractivity contribution in [3.8, 4) is 11.5 Å². The van der Waals surface area contributed by atoms with E-state index in [1.807, 2.05) is 18.2 Å². The highest BCUT2D eigenvalue weighted by molar-refractivity contribution is 5.39. The standard InChI is InChI=1S/C14H16N2O/c1-10(2)11-4-3-5-12(8-11)17-13-6-7-16-14(15)9-13/h3-10H,1-2H3,(H2,15,16). The van der Waals surface area contributed by atoms with Gasteiger partial charge >= 0.3 is 0 Å². The van der Waals surface area contributed by atoms with Crippen LogP contribution in [0.15, 0.2) is 42.6 Å². The van der Waals surface area contributed by atoms with E-state index >= 15 is 0 Å². The van der Waals surface area contributed by atoms with Gasteiger partial charge in [0, 0.05) is 12.3 Å². The van der Waals surface area contributed by atoms with Crippen LogP contribution in [0.1, 0.15) is 25.3 Å². The maximum atomic E-state index is 5.73. The molecule has 0 fully saturated rings. The Hall–Kier alpha value is -2.03. The predicted octanol–water partition coefficient (Wildman–Crippen LogP) is 3.58. The van der Waals surface area contributed by atoms with Crippen LogP contribution in [-0.2, 0) is 0 Å². The molecule has 0 saturated heterocycles. The molecule has 0 unspecified atom stereocenters. The maximum absolute atomic E-state index is 5.73. The number of benzene rings is 1. The molecular weight excluding hydrogens is 212 g/mol. The number of hydrogen-bond donors (Lipinski definition) is 1. The van der Waals surface area contributed by atoms with Gasteiger partial charge in [-0.1, -0.05) is 26.0 Å². The number of pyridine rings is 1. The molecular formula is C14H16N2O. The van der Waals surface area contributed by atoms with E-state index in [1.165, 1.54) is 5.56 Å². The van der Waals surface area contributed by atoms with Gasteiger partial charge in [-0.25, -0.2) is 4.98 Å². The minimum atomic E-state index is 0.461. The van der Waals surface area contributed by atoms with Crippen LogP contribution in [0.5, 0.6) is 11.5 Å². The van der Waals surface area contributed by atoms with Crippen LogP contribution in [0, 0.1) is 0 Å². The smallest absolute Gasteiger partial charge is 0.132 e. The Balaban J connectivity index is 2.21. The molecule has 0 aliphatic heterocycles. The molecule has 0 radical (unpaired) electrons. The molecule has 88 valence electrons. The van der Waals surface area contributed by atoms with Crippen LogP contribution in [0.25, 0.3) is 0 Å². The third-order valence-electron chi connectivity index (χ3n) is 2.51. The van der Waals surface area contributed by atoms with Crippen LogP contribution in [0.4, 0.5) is 5.82 Å². The minimum Gasteiger partial charge on any atom is -0.457 e. The number of aromatic nitrogens is 1. The van der Waals surface area contributed by atoms with Gasteiger partial charge in [0.25, 0.3) is 0 Å². The molecule has 1 heterocycles. The van der Waals surface area contributed by atoms with E-state index in [9.17, 15) is 0 Å². The average molecular weight is 228 g/mol. The lowest BCUT2D eigenvalue weighted by Gasteiger charge is -2.09. The van der Waals surface area contributed by atoms with Crippen molar-refractivity contribution in [1.29, 1.82) is 0 Å². The summed E-state index contributed by atoms with van der Waals surface area (Å²) in [4.78, 5) is 3.93. The predicted molar refractivity (Wildman–Crippen MR) is 69.3 cm³/mol. The van der Waals surface area contributed by atoms with E-state index in [4.69, 9.17) is 10.5 Å². The number of rotatable bonds is 3. The molecule has 2 rings (SSSR count). The first-order valence-electron chi connectivity index (χ1n) is 5.64. The van der Waals surface area contributed by atoms with E-state index in [-0.39, 0.29) is 0 Å². The van der Waals surface area contributed by atoms with Crippen LogP contribution < -0.4 is 10.5 Å². The average Bonchev–Trinajstić information content (AvgIpc) is 2.29. The highest BCUT2D eigenvalue weighted by atomic mass is 16.5. The summed E-state index contributed by atoms with van der Waals surface area (Å²) in [6, 6.07) is 11.6. The fraction of sp³-hybridized carbons (Fsp3) is 0.214. The molecule has 1 aromatic carbocycles. The van der Waals surface area contributed by atoms with E-state index in [1.54, 1.807) is 18.3 Å². The van der Waals surface area contributed by atoms with Gasteiger partial charge in [-0.2, -0.15) is 0 Å². The van der Waals surface area contributed by atoms with Crippen LogP contribution in [-0.4, -0.2) is 4.98 Å². The van der Waals surface area contributed by atoms with Crippen molar-refractivity contribution in [2.75, 3.05) is 5.73 Å². The second kappa shape index (κ2) is 4.87. The fourth-order valence-electron chi connectivity index (χ4n) is 1.56. The summed E-state index contributed by atoms with van der Waals surface area (Å²) in [6.45, 7) is 4.31. The molecule has 0 bridgehead atoms. The number of nitrogens with zero attached hydrogens (tertiary/aromatic N) is 1. The Morgan fingerprint density at radius 1 is 1.12 bits per heavy atom. The van der Waals surface area contributed by atoms with Gasteiger partial charge in [-0.05, 0) is 29.7 Å². The summed E-state index contributed by atoms with van der Waals surface area (Å²) >= 11 is 0. The summed E-state index contributed by atoms with van der Waals surface area (Å²) in [5, 5.41) is 0. The number of nitrogen functional groups attached to an aromatic ring is 1. The van der Waals surface area contributed by atoms with Gasteiger partial charge in [0.05, 0.1) is 0 Å². The molecule has 3 heteroatoms. The second-order valence-electron chi connectivity index (χ2n) is 4.25. The highest BCUT2D eigenvalue weighted by Crippen LogP contribution is 2.25. The largest absolute Gasteiger partial charge is 0.457 e. The molecule has 2 aromatic rings. The number of ether oxygens (including phenoxy) is 1. The quantitative estimate of drug-likeness (QED) is 0.873. The van der Waals surface area contributed by atoms with Crippen LogP contribution in [0.3, 0.4) is 0 Å². The number of nitrogens with two attached hydrogens (primary N) is 1. The highest BCUT2D eigenvalue weighted by Gasteiger charge is 2.02. The van der Waals surface area contributed by atoms with E-state index in [0.29, 0.717) is 17.5 Å². The van der Waals surface area contributed by atoms with Crippen LogP contribution >= 0.6 is 0 Å². The molecule has 3 nitrogen and oxygen atoms in total. The summed E-state index contributed by atoms with van der Waals surface area (Å²) < 4.78 is 5.73. The summed E-state index contributed by atoms with van der Waals surface area (Å²) in [7, 11) is 0. The summed E-state index contributed by atoms with van der Waals surface area (Å²) in [5.74, 6) is 2.48. The first kappa shape index (κ1) is 11.5. The van der Waals surface area contributed by atoms with Gasteiger partial charge in [-0.15, -0.1) is 0 Å². The first-order chi connectivity index (χ1) is 8.15. The molecule has 17 heavy (non-hydrogen) atoms. The number of hydrogen-bond acceptors (Lipinski definition) is 3. The van der Waals surface area contributed by atoms with E-state index in [2.05, 4.69) is 24.9 Å². The van der Waals surface area contributed by atoms with Crippen molar-refractivity contribution in [2.24, 2.45) is 0 Å². The third-order valence-corrected chi connectivity index (χ3v) is 2.51. The van der Waals surface area contributed by atoms with Crippen molar-refractivity contribution < 1.29 is 4.74 Å². The Kier molecular flexibility index (Phi) is 3.28. The van der Waals surface area contributed by atoms with Gasteiger partial charge < -0.3 is 10.5 Å². The minimum absolute atomic E-state index is 0.461. The monoisotopic (exact) mass is 228 g/mol. The van der Waals surface area contributed by atoms with Crippen molar-refractivity contribution in [3.63, 3.8) is 0 Å². The Bertz CT molecular complexity index is 509. The van der Waals surface area contributed by atoms with Crippen molar-refractivity contribution in [3.05, 3.63) is 48.2 Å². The van der Waals surface area contributed by atoms with Crippen molar-refractivity contribution >= 4 is 5.82 Å². The van der Waals surface area contributed by atoms with Gasteiger partial charge in [-0.3, -0.25) is 0 Å². The van der Waals surface area contributed by atoms with E-state index < -0.39 is 0 Å². The topological polar surface area (TPSA) is 48.1 Å². The summed E-state index contributed by atoms with van der Waals surface area (Å²) in [6.07, 6.45) is 1.64. The zero-order chi connectivity index (χ0) is 12.3. The zero-order valence-corrected chi connectivity index (χ0v) is 10.1. The van der Waals surface area contributed by atoms with Gasteiger partial charge in [0.15, 0.2) is 0 Å². The van der Waals surface area contributed by atoms with Gasteiger partial charge in [0.2, 0.25) is 0 Å². The fourth-order valence-corrected chi connectivity index (χ4v) is 1.56. The lowest BCUT2D eigenvalue weighted by molar-refractivity contribution is 0.481. The summed E-state index contributed by atoms with van der Waals surface area (Å²) in [5.41, 5.74) is 6.85. The Morgan fingerprint density at radius 2 is 1.88 bits per heavy atom. The molecule has 0 spiro atoms. The second-order valence-corrected chi connectivity index (χ2v) is 4.25. The lowest BCUT2D eigenvalue weighted by Crippen LogP contribution is -1.92. The van der Waals surface area contributed by atoms with Crippen molar-refractivity contribution in [2.45, 2.75) is 19.8 Å². The molecule has 0 aliphatic carbocycles. The van der Waals surface area contributed by atoms with Crippen molar-refractivity contribution in [1.82, 2.24) is 4.98 Å². The Labute approximate surface area is 101 Å².